The van der Waals surface area contributed by atoms with Crippen LogP contribution in [0, 0.1) is 0 Å². The van der Waals surface area contributed by atoms with E-state index in [2.05, 4.69) is 31.2 Å². The summed E-state index contributed by atoms with van der Waals surface area (Å²) in [5, 5.41) is 19.8. The van der Waals surface area contributed by atoms with Crippen molar-refractivity contribution in [3.05, 3.63) is 57.6 Å². The first-order valence-electron chi connectivity index (χ1n) is 11.3. The molecule has 0 aromatic heterocycles. The minimum Gasteiger partial charge on any atom is -0.423 e. The molecular weight excluding hydrogens is 376 g/mol. The molecule has 7 heteroatoms. The van der Waals surface area contributed by atoms with Gasteiger partial charge in [0.25, 0.3) is 0 Å². The van der Waals surface area contributed by atoms with E-state index in [1.165, 1.54) is 40.7 Å². The molecule has 2 aromatic rings. The van der Waals surface area contributed by atoms with Gasteiger partial charge in [-0.3, -0.25) is 0 Å². The topological polar surface area (TPSA) is 84.9 Å². The highest BCUT2D eigenvalue weighted by molar-refractivity contribution is 6.62. The third-order valence-electron chi connectivity index (χ3n) is 7.08. The maximum Gasteiger partial charge on any atom is 0.492 e. The first-order valence-corrected chi connectivity index (χ1v) is 11.3. The molecule has 0 bridgehead atoms. The van der Waals surface area contributed by atoms with Gasteiger partial charge in [-0.25, -0.2) is 0 Å². The maximum atomic E-state index is 9.92. The molecule has 2 aliphatic carbocycles. The largest absolute Gasteiger partial charge is 0.492 e. The van der Waals surface area contributed by atoms with Gasteiger partial charge in [0.15, 0.2) is 0 Å². The predicted octanol–water partition coefficient (Wildman–Crippen LogP) is 1.24. The molecule has 4 N–H and O–H groups in total. The summed E-state index contributed by atoms with van der Waals surface area (Å²) in [7, 11) is -1.44. The van der Waals surface area contributed by atoms with Gasteiger partial charge in [-0.1, -0.05) is 31.2 Å². The van der Waals surface area contributed by atoms with Crippen LogP contribution in [0.15, 0.2) is 24.3 Å². The van der Waals surface area contributed by atoms with Gasteiger partial charge < -0.3 is 25.1 Å². The summed E-state index contributed by atoms with van der Waals surface area (Å²) >= 11 is 0. The summed E-state index contributed by atoms with van der Waals surface area (Å²) in [6, 6.07) is 8.58. The highest BCUT2D eigenvalue weighted by Crippen LogP contribution is 2.32. The van der Waals surface area contributed by atoms with E-state index in [-0.39, 0.29) is 12.2 Å². The SMILES string of the molecule is CCC1OB(O)c2c1ccc1c2CCC1.NC[C@H]1OB(O)c2c1ccc1c2CCC1. The van der Waals surface area contributed by atoms with E-state index in [0.717, 1.165) is 48.6 Å². The molecule has 0 fully saturated rings. The summed E-state index contributed by atoms with van der Waals surface area (Å²) in [4.78, 5) is 0. The number of nitrogens with two attached hydrogens (primary N) is 1. The van der Waals surface area contributed by atoms with Crippen LogP contribution in [0.5, 0.6) is 0 Å². The molecule has 0 radical (unpaired) electrons. The van der Waals surface area contributed by atoms with Crippen molar-refractivity contribution < 1.29 is 19.4 Å². The average Bonchev–Trinajstić information content (AvgIpc) is 3.52. The minimum absolute atomic E-state index is 0.0981. The van der Waals surface area contributed by atoms with Gasteiger partial charge in [-0.2, -0.15) is 0 Å². The summed E-state index contributed by atoms with van der Waals surface area (Å²) < 4.78 is 11.0. The van der Waals surface area contributed by atoms with Crippen molar-refractivity contribution in [1.29, 1.82) is 0 Å². The van der Waals surface area contributed by atoms with Crippen LogP contribution >= 0.6 is 0 Å². The Morgan fingerprint density at radius 1 is 0.833 bits per heavy atom. The van der Waals surface area contributed by atoms with Gasteiger partial charge >= 0.3 is 14.2 Å². The highest BCUT2D eigenvalue weighted by Gasteiger charge is 2.38. The quantitative estimate of drug-likeness (QED) is 0.655. The third kappa shape index (κ3) is 3.24. The van der Waals surface area contributed by atoms with Crippen molar-refractivity contribution in [1.82, 2.24) is 0 Å². The second-order valence-electron chi connectivity index (χ2n) is 8.72. The van der Waals surface area contributed by atoms with Crippen molar-refractivity contribution >= 4 is 25.2 Å². The number of hydrogen-bond acceptors (Lipinski definition) is 5. The fraction of sp³-hybridized carbons (Fsp3) is 0.478. The first-order chi connectivity index (χ1) is 14.6. The molecular formula is C23H29B2NO4. The molecule has 30 heavy (non-hydrogen) atoms. The Labute approximate surface area is 178 Å². The van der Waals surface area contributed by atoms with Crippen molar-refractivity contribution in [2.24, 2.45) is 5.73 Å². The molecule has 2 atom stereocenters. The summed E-state index contributed by atoms with van der Waals surface area (Å²) in [6.07, 6.45) is 7.77. The lowest BCUT2D eigenvalue weighted by molar-refractivity contribution is 0.186. The Hall–Kier alpha value is -1.63. The van der Waals surface area contributed by atoms with Gasteiger partial charge in [-0.05, 0) is 89.3 Å². The second kappa shape index (κ2) is 8.13. The van der Waals surface area contributed by atoms with Crippen molar-refractivity contribution in [3.63, 3.8) is 0 Å². The zero-order chi connectivity index (χ0) is 20.8. The maximum absolute atomic E-state index is 9.92. The molecule has 4 aliphatic rings. The monoisotopic (exact) mass is 405 g/mol. The van der Waals surface area contributed by atoms with E-state index in [9.17, 15) is 10.0 Å². The van der Waals surface area contributed by atoms with E-state index >= 15 is 0 Å². The molecule has 2 aliphatic heterocycles. The van der Waals surface area contributed by atoms with Gasteiger partial charge in [-0.15, -0.1) is 0 Å². The van der Waals surface area contributed by atoms with Gasteiger partial charge in [0.1, 0.15) is 0 Å². The van der Waals surface area contributed by atoms with Crippen LogP contribution in [-0.2, 0) is 35.0 Å². The minimum atomic E-state index is -0.762. The average molecular weight is 405 g/mol. The first kappa shape index (κ1) is 20.3. The lowest BCUT2D eigenvalue weighted by Crippen LogP contribution is -2.31. The van der Waals surface area contributed by atoms with Crippen LogP contribution in [0.4, 0.5) is 0 Å². The fourth-order valence-electron chi connectivity index (χ4n) is 5.66. The van der Waals surface area contributed by atoms with E-state index in [4.69, 9.17) is 15.0 Å². The summed E-state index contributed by atoms with van der Waals surface area (Å²) in [5.74, 6) is 0. The molecule has 0 spiro atoms. The Morgan fingerprint density at radius 2 is 1.33 bits per heavy atom. The Bertz CT molecular complexity index is 889. The molecule has 2 aromatic carbocycles. The van der Waals surface area contributed by atoms with Crippen LogP contribution in [0.25, 0.3) is 0 Å². The molecule has 156 valence electrons. The molecule has 6 rings (SSSR count). The third-order valence-corrected chi connectivity index (χ3v) is 7.08. The van der Waals surface area contributed by atoms with E-state index in [0.29, 0.717) is 6.54 Å². The Balaban J connectivity index is 0.000000128. The smallest absolute Gasteiger partial charge is 0.423 e. The van der Waals surface area contributed by atoms with Crippen molar-refractivity contribution in [2.45, 2.75) is 64.1 Å². The summed E-state index contributed by atoms with van der Waals surface area (Å²) in [6.45, 7) is 2.53. The van der Waals surface area contributed by atoms with Crippen LogP contribution in [0.3, 0.4) is 0 Å². The molecule has 0 saturated heterocycles. The molecule has 0 saturated carbocycles. The number of rotatable bonds is 2. The molecule has 5 nitrogen and oxygen atoms in total. The van der Waals surface area contributed by atoms with Gasteiger partial charge in [0.05, 0.1) is 12.2 Å². The number of aryl methyl sites for hydroxylation is 2. The number of benzene rings is 2. The van der Waals surface area contributed by atoms with Gasteiger partial charge in [0.2, 0.25) is 0 Å². The molecule has 1 unspecified atom stereocenters. The van der Waals surface area contributed by atoms with Crippen LogP contribution in [0.2, 0.25) is 0 Å². The van der Waals surface area contributed by atoms with E-state index in [1.54, 1.807) is 0 Å². The Kier molecular flexibility index (Phi) is 5.50. The number of fused-ring (bicyclic) bond motifs is 6. The highest BCUT2D eigenvalue weighted by atomic mass is 16.5. The van der Waals surface area contributed by atoms with Gasteiger partial charge in [0, 0.05) is 6.54 Å². The second-order valence-corrected chi connectivity index (χ2v) is 8.72. The van der Waals surface area contributed by atoms with Crippen LogP contribution < -0.4 is 16.7 Å². The normalized spacial score (nSPS) is 23.1. The van der Waals surface area contributed by atoms with E-state index in [1.807, 2.05) is 0 Å². The number of hydrogen-bond donors (Lipinski definition) is 3. The van der Waals surface area contributed by atoms with Crippen LogP contribution in [-0.4, -0.2) is 30.8 Å². The Morgan fingerprint density at radius 3 is 1.83 bits per heavy atom. The van der Waals surface area contributed by atoms with Crippen molar-refractivity contribution in [3.8, 4) is 0 Å². The molecule has 0 amide bonds. The zero-order valence-corrected chi connectivity index (χ0v) is 17.6. The van der Waals surface area contributed by atoms with E-state index < -0.39 is 14.2 Å². The lowest BCUT2D eigenvalue weighted by atomic mass is 9.75. The molecule has 2 heterocycles. The standard InChI is InChI=1S/C12H15BO2.C11H14BNO2/c1-2-11-10-7-6-8-4-3-5-9(8)12(10)13(14)15-11;13-6-10-9-5-4-7-2-1-3-8(7)11(9)12(14)15-10/h6-7,11,14H,2-5H2,1H3;4-5,10,14H,1-3,6,13H2/t;10-/m.1/s1. The summed E-state index contributed by atoms with van der Waals surface area (Å²) in [5.41, 5.74) is 15.4. The predicted molar refractivity (Wildman–Crippen MR) is 119 cm³/mol. The zero-order valence-electron chi connectivity index (χ0n) is 17.6. The van der Waals surface area contributed by atoms with Crippen LogP contribution in [0.1, 0.15) is 71.8 Å². The lowest BCUT2D eigenvalue weighted by Gasteiger charge is -2.09. The fourth-order valence-corrected chi connectivity index (χ4v) is 5.66. The van der Waals surface area contributed by atoms with Crippen molar-refractivity contribution in [2.75, 3.05) is 6.54 Å².